The average molecular weight is 321 g/mol. The first-order valence-corrected chi connectivity index (χ1v) is 8.27. The maximum Gasteiger partial charge on any atom is 0.410 e. The van der Waals surface area contributed by atoms with Gasteiger partial charge in [-0.2, -0.15) is 0 Å². The van der Waals surface area contributed by atoms with Crippen molar-refractivity contribution < 1.29 is 14.3 Å². The fourth-order valence-electron chi connectivity index (χ4n) is 3.38. The summed E-state index contributed by atoms with van der Waals surface area (Å²) in [6, 6.07) is 0.0866. The summed E-state index contributed by atoms with van der Waals surface area (Å²) in [4.78, 5) is 28.1. The van der Waals surface area contributed by atoms with Crippen molar-refractivity contribution in [1.82, 2.24) is 15.1 Å². The second kappa shape index (κ2) is 7.12. The number of likely N-dealkylation sites (tertiary alicyclic amines) is 2. The highest BCUT2D eigenvalue weighted by atomic mass is 16.6. The van der Waals surface area contributed by atoms with Gasteiger partial charge in [-0.3, -0.25) is 0 Å². The topological polar surface area (TPSA) is 61.9 Å². The SMILES string of the molecule is C#CCNC(=O)N1CCCC2CN(C(=O)OC(C)(C)C)CCC21. The molecule has 2 atom stereocenters. The number of rotatable bonds is 1. The van der Waals surface area contributed by atoms with Gasteiger partial charge in [0.1, 0.15) is 5.60 Å². The molecule has 0 radical (unpaired) electrons. The first-order valence-electron chi connectivity index (χ1n) is 8.27. The zero-order chi connectivity index (χ0) is 17.0. The van der Waals surface area contributed by atoms with Crippen LogP contribution in [0.1, 0.15) is 40.0 Å². The molecule has 2 heterocycles. The van der Waals surface area contributed by atoms with Crippen LogP contribution in [0, 0.1) is 18.3 Å². The third kappa shape index (κ3) is 4.54. The summed E-state index contributed by atoms with van der Waals surface area (Å²) in [7, 11) is 0. The molecule has 2 aliphatic rings. The number of amides is 3. The summed E-state index contributed by atoms with van der Waals surface area (Å²) in [6.07, 6.45) is 7.71. The number of fused-ring (bicyclic) bond motifs is 1. The number of carbonyl (C=O) groups excluding carboxylic acids is 2. The molecular formula is C17H27N3O3. The number of nitrogens with one attached hydrogen (secondary N) is 1. The van der Waals surface area contributed by atoms with Crippen LogP contribution >= 0.6 is 0 Å². The Labute approximate surface area is 138 Å². The average Bonchev–Trinajstić information content (AvgIpc) is 2.49. The summed E-state index contributed by atoms with van der Waals surface area (Å²) in [6.45, 7) is 7.88. The zero-order valence-corrected chi connectivity index (χ0v) is 14.3. The summed E-state index contributed by atoms with van der Waals surface area (Å²) < 4.78 is 5.46. The van der Waals surface area contributed by atoms with Crippen LogP contribution < -0.4 is 5.32 Å². The van der Waals surface area contributed by atoms with Crippen molar-refractivity contribution >= 4 is 12.1 Å². The molecule has 0 spiro atoms. The Morgan fingerprint density at radius 3 is 2.70 bits per heavy atom. The largest absolute Gasteiger partial charge is 0.444 e. The molecule has 2 fully saturated rings. The van der Waals surface area contributed by atoms with E-state index in [1.807, 2.05) is 25.7 Å². The molecule has 6 heteroatoms. The number of urea groups is 1. The van der Waals surface area contributed by atoms with Crippen LogP contribution in [0.4, 0.5) is 9.59 Å². The molecule has 3 amide bonds. The predicted octanol–water partition coefficient (Wildman–Crippen LogP) is 2.05. The molecular weight excluding hydrogens is 294 g/mol. The van der Waals surface area contributed by atoms with E-state index in [1.165, 1.54) is 0 Å². The number of piperidine rings is 2. The van der Waals surface area contributed by atoms with Crippen LogP contribution in [0.3, 0.4) is 0 Å². The first kappa shape index (κ1) is 17.5. The van der Waals surface area contributed by atoms with Gasteiger partial charge in [-0.1, -0.05) is 5.92 Å². The summed E-state index contributed by atoms with van der Waals surface area (Å²) in [5.41, 5.74) is -0.484. The molecule has 2 unspecified atom stereocenters. The Morgan fingerprint density at radius 2 is 2.04 bits per heavy atom. The maximum atomic E-state index is 12.2. The number of terminal acetylenes is 1. The van der Waals surface area contributed by atoms with Gasteiger partial charge in [0, 0.05) is 25.7 Å². The predicted molar refractivity (Wildman–Crippen MR) is 87.9 cm³/mol. The molecule has 1 N–H and O–H groups in total. The van der Waals surface area contributed by atoms with E-state index in [9.17, 15) is 9.59 Å². The van der Waals surface area contributed by atoms with Gasteiger partial charge in [-0.15, -0.1) is 6.42 Å². The monoisotopic (exact) mass is 321 g/mol. The van der Waals surface area contributed by atoms with Crippen molar-refractivity contribution in [3.63, 3.8) is 0 Å². The van der Waals surface area contributed by atoms with Crippen LogP contribution in [-0.2, 0) is 4.74 Å². The maximum absolute atomic E-state index is 12.2. The molecule has 6 nitrogen and oxygen atoms in total. The lowest BCUT2D eigenvalue weighted by Crippen LogP contribution is -2.58. The van der Waals surface area contributed by atoms with Gasteiger partial charge in [0.2, 0.25) is 0 Å². The first-order chi connectivity index (χ1) is 10.8. The van der Waals surface area contributed by atoms with Gasteiger partial charge in [-0.25, -0.2) is 9.59 Å². The van der Waals surface area contributed by atoms with E-state index in [2.05, 4.69) is 11.2 Å². The molecule has 0 bridgehead atoms. The summed E-state index contributed by atoms with van der Waals surface area (Å²) in [5.74, 6) is 2.73. The van der Waals surface area contributed by atoms with Gasteiger partial charge < -0.3 is 19.9 Å². The molecule has 2 aliphatic heterocycles. The van der Waals surface area contributed by atoms with Crippen LogP contribution in [0.5, 0.6) is 0 Å². The molecule has 0 aliphatic carbocycles. The highest BCUT2D eigenvalue weighted by Crippen LogP contribution is 2.31. The van der Waals surface area contributed by atoms with Crippen molar-refractivity contribution in [2.24, 2.45) is 5.92 Å². The molecule has 0 aromatic rings. The fourth-order valence-corrected chi connectivity index (χ4v) is 3.38. The minimum atomic E-state index is -0.484. The Kier molecular flexibility index (Phi) is 5.40. The second-order valence-corrected chi connectivity index (χ2v) is 7.24. The van der Waals surface area contributed by atoms with Crippen molar-refractivity contribution in [3.8, 4) is 12.3 Å². The fraction of sp³-hybridized carbons (Fsp3) is 0.765. The normalized spacial score (nSPS) is 24.4. The molecule has 23 heavy (non-hydrogen) atoms. The quantitative estimate of drug-likeness (QED) is 0.752. The smallest absolute Gasteiger partial charge is 0.410 e. The standard InChI is InChI=1S/C17H27N3O3/c1-5-9-18-15(21)20-10-6-7-13-12-19(11-8-14(13)20)16(22)23-17(2,3)4/h1,13-14H,6-12H2,2-4H3,(H,18,21). The van der Waals surface area contributed by atoms with Gasteiger partial charge in [-0.05, 0) is 46.0 Å². The Bertz CT molecular complexity index is 492. The van der Waals surface area contributed by atoms with Gasteiger partial charge in [0.25, 0.3) is 0 Å². The van der Waals surface area contributed by atoms with Crippen LogP contribution in [0.15, 0.2) is 0 Å². The molecule has 2 rings (SSSR count). The summed E-state index contributed by atoms with van der Waals surface area (Å²) >= 11 is 0. The van der Waals surface area contributed by atoms with E-state index < -0.39 is 5.60 Å². The highest BCUT2D eigenvalue weighted by molar-refractivity contribution is 5.75. The minimum absolute atomic E-state index is 0.0941. The van der Waals surface area contributed by atoms with E-state index in [0.717, 1.165) is 25.8 Å². The third-order valence-corrected chi connectivity index (χ3v) is 4.32. The van der Waals surface area contributed by atoms with Crippen molar-refractivity contribution in [1.29, 1.82) is 0 Å². The van der Waals surface area contributed by atoms with Crippen LogP contribution in [-0.4, -0.2) is 59.7 Å². The zero-order valence-electron chi connectivity index (χ0n) is 14.3. The number of carbonyl (C=O) groups is 2. The number of nitrogens with zero attached hydrogens (tertiary/aromatic N) is 2. The number of ether oxygens (including phenoxy) is 1. The van der Waals surface area contributed by atoms with Crippen LogP contribution in [0.25, 0.3) is 0 Å². The highest BCUT2D eigenvalue weighted by Gasteiger charge is 2.40. The van der Waals surface area contributed by atoms with E-state index >= 15 is 0 Å². The lowest BCUT2D eigenvalue weighted by molar-refractivity contribution is -0.00134. The minimum Gasteiger partial charge on any atom is -0.444 e. The van der Waals surface area contributed by atoms with Gasteiger partial charge in [0.05, 0.1) is 6.54 Å². The van der Waals surface area contributed by atoms with Gasteiger partial charge >= 0.3 is 12.1 Å². The van der Waals surface area contributed by atoms with Gasteiger partial charge in [0.15, 0.2) is 0 Å². The Hall–Kier alpha value is -1.90. The third-order valence-electron chi connectivity index (χ3n) is 4.32. The molecule has 0 saturated carbocycles. The Balaban J connectivity index is 1.96. The number of hydrogen-bond donors (Lipinski definition) is 1. The molecule has 0 aromatic heterocycles. The van der Waals surface area contributed by atoms with E-state index in [-0.39, 0.29) is 24.7 Å². The van der Waals surface area contributed by atoms with E-state index in [1.54, 1.807) is 4.90 Å². The summed E-state index contributed by atoms with van der Waals surface area (Å²) in [5, 5.41) is 2.75. The molecule has 0 aromatic carbocycles. The van der Waals surface area contributed by atoms with E-state index in [0.29, 0.717) is 19.0 Å². The lowest BCUT2D eigenvalue weighted by atomic mass is 9.84. The second-order valence-electron chi connectivity index (χ2n) is 7.24. The lowest BCUT2D eigenvalue weighted by Gasteiger charge is -2.47. The van der Waals surface area contributed by atoms with Crippen molar-refractivity contribution in [2.75, 3.05) is 26.2 Å². The Morgan fingerprint density at radius 1 is 1.30 bits per heavy atom. The molecule has 128 valence electrons. The number of hydrogen-bond acceptors (Lipinski definition) is 3. The van der Waals surface area contributed by atoms with E-state index in [4.69, 9.17) is 11.2 Å². The van der Waals surface area contributed by atoms with Crippen LogP contribution in [0.2, 0.25) is 0 Å². The molecule has 2 saturated heterocycles. The van der Waals surface area contributed by atoms with Crippen molar-refractivity contribution in [3.05, 3.63) is 0 Å². The van der Waals surface area contributed by atoms with Crippen molar-refractivity contribution in [2.45, 2.75) is 51.7 Å².